The highest BCUT2D eigenvalue weighted by Gasteiger charge is 2.26. The molecular weight excluding hydrogens is 870 g/mol. The molecule has 0 rings (SSSR count). The summed E-state index contributed by atoms with van der Waals surface area (Å²) in [6.45, 7) is 3.53. The van der Waals surface area contributed by atoms with Crippen molar-refractivity contribution in [3.8, 4) is 0 Å². The number of rotatable bonds is 49. The van der Waals surface area contributed by atoms with Gasteiger partial charge in [0.25, 0.3) is 0 Å². The summed E-state index contributed by atoms with van der Waals surface area (Å²) in [5, 5.41) is 0. The van der Waals surface area contributed by atoms with Crippen molar-refractivity contribution < 1.29 is 37.6 Å². The number of phosphoric acid groups is 1. The maximum atomic E-state index is 12.6. The van der Waals surface area contributed by atoms with Gasteiger partial charge in [-0.1, -0.05) is 226 Å². The van der Waals surface area contributed by atoms with Crippen molar-refractivity contribution in [1.29, 1.82) is 0 Å². The minimum atomic E-state index is -4.37. The standard InChI is InChI=1S/C58H98NO8P/c1-3-5-7-9-11-12-13-14-15-16-17-18-19-20-21-22-23-24-25-26-27-28-29-30-31-32-33-34-35-36-37-38-39-40-41-42-43-44-45-47-49-51-58(61)67-56(55-66-68(62,63)65-53-52-59)54-64-57(60)50-48-46-10-8-6-4-2/h5,7,11-12,14-15,17-18,20-21,23-24,26-27,29-30,32-33,56H,3-4,6,8-10,13,16,19,22,25,28,31,34-55,59H2,1-2H3,(H,62,63)/b7-5-,12-11-,15-14-,18-17-,21-20-,24-23-,27-26-,30-29-,33-32-. The van der Waals surface area contributed by atoms with E-state index < -0.39 is 32.5 Å². The summed E-state index contributed by atoms with van der Waals surface area (Å²) in [7, 11) is -4.37. The van der Waals surface area contributed by atoms with Gasteiger partial charge < -0.3 is 20.1 Å². The van der Waals surface area contributed by atoms with Crippen LogP contribution in [0.5, 0.6) is 0 Å². The van der Waals surface area contributed by atoms with E-state index in [0.717, 1.165) is 109 Å². The third-order valence-electron chi connectivity index (χ3n) is 10.9. The van der Waals surface area contributed by atoms with E-state index in [0.29, 0.717) is 6.42 Å². The van der Waals surface area contributed by atoms with Crippen molar-refractivity contribution in [2.24, 2.45) is 5.73 Å². The third kappa shape index (κ3) is 52.0. The van der Waals surface area contributed by atoms with Crippen LogP contribution in [0.25, 0.3) is 0 Å². The lowest BCUT2D eigenvalue weighted by Gasteiger charge is -2.19. The van der Waals surface area contributed by atoms with Gasteiger partial charge in [-0.15, -0.1) is 0 Å². The van der Waals surface area contributed by atoms with Crippen LogP contribution in [0, 0.1) is 0 Å². The molecule has 0 aliphatic heterocycles. The molecule has 9 nitrogen and oxygen atoms in total. The van der Waals surface area contributed by atoms with Crippen LogP contribution in [0.1, 0.15) is 213 Å². The summed E-state index contributed by atoms with van der Waals surface area (Å²) in [6, 6.07) is 0. The minimum Gasteiger partial charge on any atom is -0.462 e. The molecule has 2 unspecified atom stereocenters. The molecular formula is C58H98NO8P. The average Bonchev–Trinajstić information content (AvgIpc) is 3.33. The lowest BCUT2D eigenvalue weighted by Crippen LogP contribution is -2.29. The van der Waals surface area contributed by atoms with Gasteiger partial charge in [-0.3, -0.25) is 18.6 Å². The Morgan fingerprint density at radius 2 is 0.809 bits per heavy atom. The second-order valence-electron chi connectivity index (χ2n) is 17.4. The first-order valence-corrected chi connectivity index (χ1v) is 28.4. The fourth-order valence-corrected chi connectivity index (χ4v) is 7.75. The van der Waals surface area contributed by atoms with Gasteiger partial charge in [0, 0.05) is 19.4 Å². The van der Waals surface area contributed by atoms with E-state index >= 15 is 0 Å². The second kappa shape index (κ2) is 53.0. The SMILES string of the molecule is CC/C=C\C/C=C\C/C=C\C/C=C\C/C=C\C/C=C\C/C=C\C/C=C\C/C=C\CCCCCCCCCCCCCCCC(=O)OC(COC(=O)CCCCCCCC)COP(=O)(O)OCCN. The maximum Gasteiger partial charge on any atom is 0.472 e. The molecule has 0 aromatic heterocycles. The predicted molar refractivity (Wildman–Crippen MR) is 288 cm³/mol. The van der Waals surface area contributed by atoms with Crippen molar-refractivity contribution in [2.75, 3.05) is 26.4 Å². The van der Waals surface area contributed by atoms with Crippen LogP contribution in [0.4, 0.5) is 0 Å². The van der Waals surface area contributed by atoms with Crippen molar-refractivity contribution >= 4 is 19.8 Å². The van der Waals surface area contributed by atoms with Crippen molar-refractivity contribution in [2.45, 2.75) is 219 Å². The predicted octanol–water partition coefficient (Wildman–Crippen LogP) is 16.7. The second-order valence-corrected chi connectivity index (χ2v) is 18.8. The molecule has 0 amide bonds. The molecule has 0 fully saturated rings. The monoisotopic (exact) mass is 968 g/mol. The Bertz CT molecular complexity index is 1480. The van der Waals surface area contributed by atoms with E-state index in [-0.39, 0.29) is 32.6 Å². The fraction of sp³-hybridized carbons (Fsp3) is 0.655. The Labute approximate surface area is 416 Å². The molecule has 0 saturated heterocycles. The van der Waals surface area contributed by atoms with E-state index in [4.69, 9.17) is 24.3 Å². The Kier molecular flexibility index (Phi) is 50.4. The summed E-state index contributed by atoms with van der Waals surface area (Å²) in [4.78, 5) is 34.7. The third-order valence-corrected chi connectivity index (χ3v) is 11.9. The molecule has 0 aliphatic carbocycles. The molecule has 2 atom stereocenters. The molecule has 0 aliphatic rings. The number of hydrogen-bond acceptors (Lipinski definition) is 8. The zero-order chi connectivity index (χ0) is 49.5. The molecule has 68 heavy (non-hydrogen) atoms. The zero-order valence-corrected chi connectivity index (χ0v) is 43.9. The zero-order valence-electron chi connectivity index (χ0n) is 43.0. The molecule has 10 heteroatoms. The highest BCUT2D eigenvalue weighted by Crippen LogP contribution is 2.43. The van der Waals surface area contributed by atoms with Crippen LogP contribution in [-0.2, 0) is 32.7 Å². The molecule has 0 spiro atoms. The highest BCUT2D eigenvalue weighted by atomic mass is 31.2. The molecule has 0 radical (unpaired) electrons. The Hall–Kier alpha value is -3.33. The quantitative estimate of drug-likeness (QED) is 0.0264. The lowest BCUT2D eigenvalue weighted by molar-refractivity contribution is -0.161. The van der Waals surface area contributed by atoms with Crippen LogP contribution in [0.3, 0.4) is 0 Å². The number of unbranched alkanes of at least 4 members (excludes halogenated alkanes) is 18. The van der Waals surface area contributed by atoms with Gasteiger partial charge in [0.1, 0.15) is 6.61 Å². The molecule has 0 heterocycles. The number of ether oxygens (including phenoxy) is 2. The topological polar surface area (TPSA) is 134 Å². The number of nitrogens with two attached hydrogens (primary N) is 1. The van der Waals surface area contributed by atoms with Gasteiger partial charge in [-0.2, -0.15) is 0 Å². The maximum absolute atomic E-state index is 12.6. The number of carbonyl (C=O) groups is 2. The number of allylic oxidation sites excluding steroid dienone is 18. The highest BCUT2D eigenvalue weighted by molar-refractivity contribution is 7.47. The number of phosphoric ester groups is 1. The van der Waals surface area contributed by atoms with Crippen LogP contribution < -0.4 is 5.73 Å². The number of esters is 2. The van der Waals surface area contributed by atoms with Gasteiger partial charge in [0.05, 0.1) is 13.2 Å². The summed E-state index contributed by atoms with van der Waals surface area (Å²) >= 11 is 0. The lowest BCUT2D eigenvalue weighted by atomic mass is 10.0. The van der Waals surface area contributed by atoms with Crippen molar-refractivity contribution in [1.82, 2.24) is 0 Å². The van der Waals surface area contributed by atoms with Crippen LogP contribution in [-0.4, -0.2) is 49.3 Å². The van der Waals surface area contributed by atoms with Crippen LogP contribution in [0.2, 0.25) is 0 Å². The molecule has 388 valence electrons. The summed E-state index contributed by atoms with van der Waals surface area (Å²) in [6.07, 6.45) is 72.0. The Balaban J connectivity index is 3.81. The first-order chi connectivity index (χ1) is 33.3. The average molecular weight is 968 g/mol. The first-order valence-electron chi connectivity index (χ1n) is 26.9. The van der Waals surface area contributed by atoms with Crippen LogP contribution >= 0.6 is 7.82 Å². The van der Waals surface area contributed by atoms with E-state index in [1.807, 2.05) is 0 Å². The van der Waals surface area contributed by atoms with Gasteiger partial charge in [0.2, 0.25) is 0 Å². The molecule has 3 N–H and O–H groups in total. The molecule has 0 bridgehead atoms. The Morgan fingerprint density at radius 3 is 1.21 bits per heavy atom. The van der Waals surface area contributed by atoms with Crippen molar-refractivity contribution in [3.63, 3.8) is 0 Å². The Morgan fingerprint density at radius 1 is 0.456 bits per heavy atom. The number of hydrogen-bond donors (Lipinski definition) is 2. The summed E-state index contributed by atoms with van der Waals surface area (Å²) < 4.78 is 32.7. The molecule has 0 aromatic rings. The smallest absolute Gasteiger partial charge is 0.462 e. The van der Waals surface area contributed by atoms with Gasteiger partial charge in [0.15, 0.2) is 6.10 Å². The van der Waals surface area contributed by atoms with E-state index in [1.54, 1.807) is 0 Å². The van der Waals surface area contributed by atoms with Gasteiger partial charge in [-0.25, -0.2) is 4.57 Å². The fourth-order valence-electron chi connectivity index (χ4n) is 6.98. The van der Waals surface area contributed by atoms with Crippen LogP contribution in [0.15, 0.2) is 109 Å². The van der Waals surface area contributed by atoms with Gasteiger partial charge >= 0.3 is 19.8 Å². The molecule has 0 aromatic carbocycles. The van der Waals surface area contributed by atoms with Crippen molar-refractivity contribution in [3.05, 3.63) is 109 Å². The minimum absolute atomic E-state index is 0.0504. The van der Waals surface area contributed by atoms with Gasteiger partial charge in [-0.05, 0) is 83.5 Å². The normalized spacial score (nSPS) is 14.0. The largest absolute Gasteiger partial charge is 0.472 e. The number of carbonyl (C=O) groups excluding carboxylic acids is 2. The molecule has 0 saturated carbocycles. The van der Waals surface area contributed by atoms with E-state index in [1.165, 1.54) is 70.6 Å². The summed E-state index contributed by atoms with van der Waals surface area (Å²) in [5.74, 6) is -0.843. The van der Waals surface area contributed by atoms with E-state index in [2.05, 4.69) is 123 Å². The van der Waals surface area contributed by atoms with E-state index in [9.17, 15) is 19.0 Å². The summed E-state index contributed by atoms with van der Waals surface area (Å²) in [5.41, 5.74) is 5.34. The first kappa shape index (κ1) is 64.7.